The van der Waals surface area contributed by atoms with Gasteiger partial charge in [-0.3, -0.25) is 5.32 Å². The molecule has 5 nitrogen and oxygen atoms in total. The fourth-order valence-corrected chi connectivity index (χ4v) is 3.03. The Morgan fingerprint density at radius 2 is 1.59 bits per heavy atom. The zero-order valence-electron chi connectivity index (χ0n) is 14.9. The van der Waals surface area contributed by atoms with E-state index in [1.807, 2.05) is 36.4 Å². The number of aromatic nitrogens is 1. The number of nitrogens with one attached hydrogen (secondary N) is 1. The molecule has 1 heterocycles. The molecule has 3 N–H and O–H groups in total. The van der Waals surface area contributed by atoms with Gasteiger partial charge in [-0.25, -0.2) is 9.78 Å². The number of benzene rings is 2. The number of allylic oxidation sites excluding steroid dienone is 1. The molecule has 0 aliphatic rings. The maximum atomic E-state index is 10.8. The van der Waals surface area contributed by atoms with Crippen LogP contribution in [0.2, 0.25) is 0 Å². The number of phenolic OH excluding ortho intramolecular Hbond substituents is 1. The van der Waals surface area contributed by atoms with E-state index in [1.54, 1.807) is 24.4 Å². The molecule has 0 radical (unpaired) electrons. The Hall–Kier alpha value is -3.60. The number of nitrogens with zero attached hydrogens (tertiary/aromatic N) is 1. The van der Waals surface area contributed by atoms with Crippen LogP contribution in [-0.2, 0) is 0 Å². The number of carbonyl (C=O) groups is 1. The van der Waals surface area contributed by atoms with Crippen LogP contribution >= 0.6 is 0 Å². The molecule has 1 amide bonds. The van der Waals surface area contributed by atoms with Crippen molar-refractivity contribution in [1.82, 2.24) is 4.98 Å². The van der Waals surface area contributed by atoms with Gasteiger partial charge in [0.15, 0.2) is 0 Å². The van der Waals surface area contributed by atoms with E-state index in [4.69, 9.17) is 5.11 Å². The Kier molecular flexibility index (Phi) is 5.52. The van der Waals surface area contributed by atoms with Crippen LogP contribution in [-0.4, -0.2) is 21.3 Å². The van der Waals surface area contributed by atoms with Gasteiger partial charge >= 0.3 is 6.09 Å². The van der Waals surface area contributed by atoms with Gasteiger partial charge in [-0.05, 0) is 53.0 Å². The van der Waals surface area contributed by atoms with Crippen molar-refractivity contribution in [1.29, 1.82) is 0 Å². The summed E-state index contributed by atoms with van der Waals surface area (Å²) in [4.78, 5) is 15.0. The highest BCUT2D eigenvalue weighted by Crippen LogP contribution is 2.34. The van der Waals surface area contributed by atoms with E-state index in [1.165, 1.54) is 0 Å². The summed E-state index contributed by atoms with van der Waals surface area (Å²) in [6.45, 7) is 2.09. The topological polar surface area (TPSA) is 82.5 Å². The van der Waals surface area contributed by atoms with Crippen LogP contribution in [0.5, 0.6) is 5.75 Å². The highest BCUT2D eigenvalue weighted by atomic mass is 16.4. The summed E-state index contributed by atoms with van der Waals surface area (Å²) in [6.07, 6.45) is 1.31. The van der Waals surface area contributed by atoms with Crippen LogP contribution in [0.3, 0.4) is 0 Å². The highest BCUT2D eigenvalue weighted by molar-refractivity contribution is 5.98. The van der Waals surface area contributed by atoms with Gasteiger partial charge in [-0.15, -0.1) is 0 Å². The minimum Gasteiger partial charge on any atom is -0.508 e. The normalized spacial score (nSPS) is 11.6. The summed E-state index contributed by atoms with van der Waals surface area (Å²) < 4.78 is 0. The highest BCUT2D eigenvalue weighted by Gasteiger charge is 2.14. The Bertz CT molecular complexity index is 947. The molecule has 1 aromatic heterocycles. The Morgan fingerprint density at radius 3 is 2.15 bits per heavy atom. The molecule has 0 bridgehead atoms. The molecule has 27 heavy (non-hydrogen) atoms. The van der Waals surface area contributed by atoms with Gasteiger partial charge in [0.2, 0.25) is 0 Å². The summed E-state index contributed by atoms with van der Waals surface area (Å²) in [5.41, 5.74) is 5.07. The molecule has 0 spiro atoms. The first kappa shape index (κ1) is 18.2. The van der Waals surface area contributed by atoms with Gasteiger partial charge in [0.25, 0.3) is 0 Å². The van der Waals surface area contributed by atoms with Crippen LogP contribution in [0.1, 0.15) is 30.0 Å². The van der Waals surface area contributed by atoms with Crippen LogP contribution in [0, 0.1) is 0 Å². The van der Waals surface area contributed by atoms with E-state index in [0.717, 1.165) is 34.3 Å². The van der Waals surface area contributed by atoms with Gasteiger partial charge < -0.3 is 10.2 Å². The van der Waals surface area contributed by atoms with Crippen molar-refractivity contribution in [2.24, 2.45) is 0 Å². The molecule has 0 fully saturated rings. The molecule has 3 aromatic rings. The zero-order valence-corrected chi connectivity index (χ0v) is 14.9. The first-order valence-corrected chi connectivity index (χ1v) is 8.63. The second-order valence-corrected chi connectivity index (χ2v) is 5.98. The van der Waals surface area contributed by atoms with Crippen molar-refractivity contribution < 1.29 is 15.0 Å². The summed E-state index contributed by atoms with van der Waals surface area (Å²) in [5, 5.41) is 20.7. The van der Waals surface area contributed by atoms with E-state index in [0.29, 0.717) is 0 Å². The molecule has 2 aromatic carbocycles. The third kappa shape index (κ3) is 4.33. The average Bonchev–Trinajstić information content (AvgIpc) is 2.68. The van der Waals surface area contributed by atoms with Crippen molar-refractivity contribution in [3.8, 4) is 5.75 Å². The number of aromatic hydroxyl groups is 1. The number of phenols is 1. The molecule has 0 saturated carbocycles. The fourth-order valence-electron chi connectivity index (χ4n) is 3.03. The monoisotopic (exact) mass is 360 g/mol. The van der Waals surface area contributed by atoms with E-state index >= 15 is 0 Å². The number of carboxylic acid groups (broad SMARTS) is 1. The number of anilines is 1. The Morgan fingerprint density at radius 1 is 0.926 bits per heavy atom. The lowest BCUT2D eigenvalue weighted by molar-refractivity contribution is 0.209. The average molecular weight is 360 g/mol. The van der Waals surface area contributed by atoms with Crippen molar-refractivity contribution in [3.05, 3.63) is 89.6 Å². The third-order valence-electron chi connectivity index (χ3n) is 4.22. The number of hydrogen-bond donors (Lipinski definition) is 3. The lowest BCUT2D eigenvalue weighted by atomic mass is 9.89. The van der Waals surface area contributed by atoms with E-state index in [-0.39, 0.29) is 11.6 Å². The van der Waals surface area contributed by atoms with Gasteiger partial charge in [-0.2, -0.15) is 0 Å². The number of pyridine rings is 1. The third-order valence-corrected chi connectivity index (χ3v) is 4.22. The molecule has 136 valence electrons. The quantitative estimate of drug-likeness (QED) is 0.543. The molecule has 0 atom stereocenters. The Labute approximate surface area is 157 Å². The van der Waals surface area contributed by atoms with Crippen LogP contribution in [0.25, 0.3) is 11.1 Å². The second-order valence-electron chi connectivity index (χ2n) is 5.98. The molecule has 0 saturated heterocycles. The lowest BCUT2D eigenvalue weighted by Gasteiger charge is -2.16. The van der Waals surface area contributed by atoms with Crippen LogP contribution in [0.4, 0.5) is 10.6 Å². The molecule has 0 aliphatic carbocycles. The number of rotatable bonds is 5. The van der Waals surface area contributed by atoms with Gasteiger partial charge in [0, 0.05) is 11.8 Å². The smallest absolute Gasteiger partial charge is 0.410 e. The van der Waals surface area contributed by atoms with Crippen LogP contribution in [0.15, 0.2) is 72.9 Å². The number of hydrogen-bond acceptors (Lipinski definition) is 3. The van der Waals surface area contributed by atoms with Crippen LogP contribution < -0.4 is 5.32 Å². The minimum absolute atomic E-state index is 0.204. The lowest BCUT2D eigenvalue weighted by Crippen LogP contribution is -2.08. The first-order chi connectivity index (χ1) is 13.1. The molecular weight excluding hydrogens is 340 g/mol. The van der Waals surface area contributed by atoms with Gasteiger partial charge in [0.05, 0.1) is 0 Å². The summed E-state index contributed by atoms with van der Waals surface area (Å²) >= 11 is 0. The first-order valence-electron chi connectivity index (χ1n) is 8.63. The fraction of sp³-hybridized carbons (Fsp3) is 0.0909. The molecule has 3 rings (SSSR count). The Balaban J connectivity index is 2.17. The van der Waals surface area contributed by atoms with E-state index in [9.17, 15) is 9.90 Å². The number of amides is 1. The molecule has 0 unspecified atom stereocenters. The standard InChI is InChI=1S/C22H20N2O3/c1-2-19(15-6-4-3-5-7-15)21(16-8-11-18(25)12-9-16)17-10-13-20(23-14-17)24-22(26)27/h3-14,25H,2H2,1H3,(H,23,24)(H,26,27). The summed E-state index contributed by atoms with van der Waals surface area (Å²) in [6, 6.07) is 20.6. The van der Waals surface area contributed by atoms with Crippen molar-refractivity contribution >= 4 is 23.1 Å². The van der Waals surface area contributed by atoms with Crippen molar-refractivity contribution in [2.45, 2.75) is 13.3 Å². The van der Waals surface area contributed by atoms with Crippen molar-refractivity contribution in [2.75, 3.05) is 5.32 Å². The predicted octanol–water partition coefficient (Wildman–Crippen LogP) is 5.25. The maximum absolute atomic E-state index is 10.8. The van der Waals surface area contributed by atoms with E-state index in [2.05, 4.69) is 29.4 Å². The summed E-state index contributed by atoms with van der Waals surface area (Å²) in [5.74, 6) is 0.476. The zero-order chi connectivity index (χ0) is 19.2. The summed E-state index contributed by atoms with van der Waals surface area (Å²) in [7, 11) is 0. The SMILES string of the molecule is CCC(=C(c1ccc(O)cc1)c1ccc(NC(=O)O)nc1)c1ccccc1. The molecule has 0 aliphatic heterocycles. The van der Waals surface area contributed by atoms with Gasteiger partial charge in [-0.1, -0.05) is 49.4 Å². The van der Waals surface area contributed by atoms with E-state index < -0.39 is 6.09 Å². The minimum atomic E-state index is -1.15. The molecule has 5 heteroatoms. The molecular formula is C22H20N2O3. The maximum Gasteiger partial charge on any atom is 0.410 e. The van der Waals surface area contributed by atoms with Gasteiger partial charge in [0.1, 0.15) is 11.6 Å². The predicted molar refractivity (Wildman–Crippen MR) is 107 cm³/mol. The second kappa shape index (κ2) is 8.19. The largest absolute Gasteiger partial charge is 0.508 e. The van der Waals surface area contributed by atoms with Crippen molar-refractivity contribution in [3.63, 3.8) is 0 Å².